The van der Waals surface area contributed by atoms with Crippen LogP contribution in [-0.4, -0.2) is 36.5 Å². The second kappa shape index (κ2) is 10.8. The molecular weight excluding hydrogens is 400 g/mol. The standard InChI is InChI=1S/C20H23ClN2O4S/c1-4-27-18-8-6-5-7-15(18)22-19(24)12-28-13(2)20(25)23-16-11-14(21)9-10-17(16)26-3/h5-11,13H,4,12H2,1-3H3,(H,22,24)(H,23,25)/t13-/m0/s1. The van der Waals surface area contributed by atoms with Crippen LogP contribution < -0.4 is 20.1 Å². The number of amides is 2. The van der Waals surface area contributed by atoms with Crippen molar-refractivity contribution < 1.29 is 19.1 Å². The van der Waals surface area contributed by atoms with Gasteiger partial charge >= 0.3 is 0 Å². The number of hydrogen-bond acceptors (Lipinski definition) is 5. The third-order valence-electron chi connectivity index (χ3n) is 3.71. The normalized spacial score (nSPS) is 11.4. The van der Waals surface area contributed by atoms with Crippen molar-refractivity contribution in [2.24, 2.45) is 0 Å². The molecule has 0 saturated carbocycles. The summed E-state index contributed by atoms with van der Waals surface area (Å²) < 4.78 is 10.7. The number of carbonyl (C=O) groups is 2. The van der Waals surface area contributed by atoms with Crippen LogP contribution in [0, 0.1) is 0 Å². The second-order valence-electron chi connectivity index (χ2n) is 5.76. The monoisotopic (exact) mass is 422 g/mol. The molecule has 2 rings (SSSR count). The van der Waals surface area contributed by atoms with Crippen molar-refractivity contribution >= 4 is 46.6 Å². The summed E-state index contributed by atoms with van der Waals surface area (Å²) in [5, 5.41) is 5.63. The molecule has 0 aliphatic heterocycles. The number of benzene rings is 2. The number of carbonyl (C=O) groups excluding carboxylic acids is 2. The molecule has 150 valence electrons. The van der Waals surface area contributed by atoms with E-state index in [1.54, 1.807) is 37.3 Å². The smallest absolute Gasteiger partial charge is 0.237 e. The predicted octanol–water partition coefficient (Wildman–Crippen LogP) is 4.45. The number of ether oxygens (including phenoxy) is 2. The molecule has 2 N–H and O–H groups in total. The number of halogens is 1. The number of anilines is 2. The summed E-state index contributed by atoms with van der Waals surface area (Å²) in [5.74, 6) is 0.800. The van der Waals surface area contributed by atoms with E-state index in [-0.39, 0.29) is 17.6 Å². The van der Waals surface area contributed by atoms with Crippen LogP contribution in [0.25, 0.3) is 0 Å². The highest BCUT2D eigenvalue weighted by atomic mass is 35.5. The number of rotatable bonds is 9. The van der Waals surface area contributed by atoms with Crippen LogP contribution in [0.5, 0.6) is 11.5 Å². The number of nitrogens with one attached hydrogen (secondary N) is 2. The molecule has 6 nitrogen and oxygen atoms in total. The molecule has 0 bridgehead atoms. The second-order valence-corrected chi connectivity index (χ2v) is 7.53. The number of thioether (sulfide) groups is 1. The third kappa shape index (κ3) is 6.35. The zero-order valence-corrected chi connectivity index (χ0v) is 17.5. The first-order chi connectivity index (χ1) is 13.4. The van der Waals surface area contributed by atoms with Gasteiger partial charge in [-0.05, 0) is 44.2 Å². The van der Waals surface area contributed by atoms with E-state index in [0.717, 1.165) is 0 Å². The van der Waals surface area contributed by atoms with Crippen molar-refractivity contribution in [3.63, 3.8) is 0 Å². The van der Waals surface area contributed by atoms with Crippen LogP contribution in [0.2, 0.25) is 5.02 Å². The molecule has 0 spiro atoms. The SMILES string of the molecule is CCOc1ccccc1NC(=O)CS[C@@H](C)C(=O)Nc1cc(Cl)ccc1OC. The fourth-order valence-electron chi connectivity index (χ4n) is 2.33. The summed E-state index contributed by atoms with van der Waals surface area (Å²) >= 11 is 7.21. The summed E-state index contributed by atoms with van der Waals surface area (Å²) in [6.45, 7) is 4.12. The van der Waals surface area contributed by atoms with Crippen LogP contribution in [0.3, 0.4) is 0 Å². The lowest BCUT2D eigenvalue weighted by atomic mass is 10.3. The molecule has 28 heavy (non-hydrogen) atoms. The number of hydrogen-bond donors (Lipinski definition) is 2. The molecular formula is C20H23ClN2O4S. The topological polar surface area (TPSA) is 76.7 Å². The van der Waals surface area contributed by atoms with Crippen molar-refractivity contribution in [1.82, 2.24) is 0 Å². The van der Waals surface area contributed by atoms with Crippen molar-refractivity contribution in [1.29, 1.82) is 0 Å². The van der Waals surface area contributed by atoms with Crippen molar-refractivity contribution in [2.45, 2.75) is 19.1 Å². The van der Waals surface area contributed by atoms with E-state index < -0.39 is 5.25 Å². The molecule has 0 aromatic heterocycles. The molecule has 2 amide bonds. The Labute approximate surface area is 173 Å². The Morgan fingerprint density at radius 1 is 1.11 bits per heavy atom. The Morgan fingerprint density at radius 2 is 1.86 bits per heavy atom. The van der Waals surface area contributed by atoms with Crippen molar-refractivity contribution in [3.05, 3.63) is 47.5 Å². The van der Waals surface area contributed by atoms with Gasteiger partial charge in [-0.15, -0.1) is 11.8 Å². The fourth-order valence-corrected chi connectivity index (χ4v) is 3.18. The molecule has 0 radical (unpaired) electrons. The summed E-state index contributed by atoms with van der Waals surface area (Å²) in [7, 11) is 1.52. The highest BCUT2D eigenvalue weighted by molar-refractivity contribution is 8.01. The minimum atomic E-state index is -0.448. The van der Waals surface area contributed by atoms with Gasteiger partial charge in [0, 0.05) is 5.02 Å². The van der Waals surface area contributed by atoms with Gasteiger partial charge in [0.05, 0.1) is 36.1 Å². The molecule has 0 saturated heterocycles. The molecule has 0 heterocycles. The predicted molar refractivity (Wildman–Crippen MR) is 115 cm³/mol. The summed E-state index contributed by atoms with van der Waals surface area (Å²) in [5.41, 5.74) is 1.10. The summed E-state index contributed by atoms with van der Waals surface area (Å²) in [6.07, 6.45) is 0. The van der Waals surface area contributed by atoms with Gasteiger partial charge in [0.15, 0.2) is 0 Å². The van der Waals surface area contributed by atoms with E-state index in [1.807, 2.05) is 19.1 Å². The van der Waals surface area contributed by atoms with Gasteiger partial charge < -0.3 is 20.1 Å². The average Bonchev–Trinajstić information content (AvgIpc) is 2.68. The Bertz CT molecular complexity index is 832. The van der Waals surface area contributed by atoms with Gasteiger partial charge in [0.1, 0.15) is 11.5 Å². The third-order valence-corrected chi connectivity index (χ3v) is 5.09. The van der Waals surface area contributed by atoms with Gasteiger partial charge in [-0.2, -0.15) is 0 Å². The largest absolute Gasteiger partial charge is 0.495 e. The van der Waals surface area contributed by atoms with Gasteiger partial charge in [-0.1, -0.05) is 23.7 Å². The maximum Gasteiger partial charge on any atom is 0.237 e. The fraction of sp³-hybridized carbons (Fsp3) is 0.300. The minimum Gasteiger partial charge on any atom is -0.495 e. The average molecular weight is 423 g/mol. The van der Waals surface area contributed by atoms with Crippen molar-refractivity contribution in [2.75, 3.05) is 30.1 Å². The summed E-state index contributed by atoms with van der Waals surface area (Å²) in [4.78, 5) is 24.7. The van der Waals surface area contributed by atoms with E-state index in [9.17, 15) is 9.59 Å². The Kier molecular flexibility index (Phi) is 8.47. The highest BCUT2D eigenvalue weighted by Gasteiger charge is 2.18. The lowest BCUT2D eigenvalue weighted by Gasteiger charge is -2.15. The summed E-state index contributed by atoms with van der Waals surface area (Å²) in [6, 6.07) is 12.2. The van der Waals surface area contributed by atoms with E-state index in [2.05, 4.69) is 10.6 Å². The van der Waals surface area contributed by atoms with E-state index in [0.29, 0.717) is 34.5 Å². The van der Waals surface area contributed by atoms with Gasteiger partial charge in [0.25, 0.3) is 0 Å². The van der Waals surface area contributed by atoms with Crippen LogP contribution in [0.4, 0.5) is 11.4 Å². The lowest BCUT2D eigenvalue weighted by molar-refractivity contribution is -0.115. The van der Waals surface area contributed by atoms with Crippen LogP contribution in [0.15, 0.2) is 42.5 Å². The van der Waals surface area contributed by atoms with Crippen molar-refractivity contribution in [3.8, 4) is 11.5 Å². The van der Waals surface area contributed by atoms with Gasteiger partial charge in [-0.3, -0.25) is 9.59 Å². The molecule has 8 heteroatoms. The van der Waals surface area contributed by atoms with Crippen LogP contribution in [0.1, 0.15) is 13.8 Å². The molecule has 1 atom stereocenters. The highest BCUT2D eigenvalue weighted by Crippen LogP contribution is 2.28. The van der Waals surface area contributed by atoms with Gasteiger partial charge in [0.2, 0.25) is 11.8 Å². The van der Waals surface area contributed by atoms with Crippen LogP contribution in [-0.2, 0) is 9.59 Å². The maximum absolute atomic E-state index is 12.4. The quantitative estimate of drug-likeness (QED) is 0.624. The molecule has 2 aromatic rings. The molecule has 0 aliphatic rings. The number of para-hydroxylation sites is 2. The first kappa shape index (κ1) is 21.9. The first-order valence-electron chi connectivity index (χ1n) is 8.72. The zero-order valence-electron chi connectivity index (χ0n) is 16.0. The Morgan fingerprint density at radius 3 is 2.57 bits per heavy atom. The Hall–Kier alpha value is -2.38. The number of methoxy groups -OCH3 is 1. The van der Waals surface area contributed by atoms with E-state index in [4.69, 9.17) is 21.1 Å². The molecule has 0 fully saturated rings. The minimum absolute atomic E-state index is 0.127. The molecule has 2 aromatic carbocycles. The van der Waals surface area contributed by atoms with E-state index >= 15 is 0 Å². The maximum atomic E-state index is 12.4. The van der Waals surface area contributed by atoms with E-state index in [1.165, 1.54) is 18.9 Å². The molecule has 0 aliphatic carbocycles. The van der Waals surface area contributed by atoms with Gasteiger partial charge in [-0.25, -0.2) is 0 Å². The Balaban J connectivity index is 1.89. The molecule has 0 unspecified atom stereocenters. The lowest BCUT2D eigenvalue weighted by Crippen LogP contribution is -2.25. The first-order valence-corrected chi connectivity index (χ1v) is 10.1. The van der Waals surface area contributed by atoms with Crippen LogP contribution >= 0.6 is 23.4 Å². The zero-order chi connectivity index (χ0) is 20.5.